The maximum atomic E-state index is 15.5. The Morgan fingerprint density at radius 1 is 1.17 bits per heavy atom. The first-order valence-electron chi connectivity index (χ1n) is 15.4. The van der Waals surface area contributed by atoms with E-state index in [1.165, 1.54) is 4.31 Å². The van der Waals surface area contributed by atoms with Crippen LogP contribution in [0, 0.1) is 11.3 Å². The number of sulfonamides is 1. The number of halogens is 2. The lowest BCUT2D eigenvalue weighted by Crippen LogP contribution is -2.74. The van der Waals surface area contributed by atoms with Crippen molar-refractivity contribution in [1.29, 1.82) is 0 Å². The summed E-state index contributed by atoms with van der Waals surface area (Å²) in [5, 5.41) is 9.33. The third-order valence-corrected chi connectivity index (χ3v) is 13.3. The molecule has 5 N–H and O–H groups in total. The molecule has 4 fully saturated rings. The zero-order valence-electron chi connectivity index (χ0n) is 25.8. The standard InChI is InChI=1S/C28H53F2N7O3S/c1-7-28(3)17-37(6)16-19(29)8-9-23(28)34-26(31)24(18(37)2)27(38)33-22-15-32-14-21(30)25(22)36-12-10-20(11-13-36)41(39,40)35(4)5/h18-26,32,34H,7-17,31H2,1-6H3/p+1. The number of hydrogen-bond donors (Lipinski definition) is 4. The minimum Gasteiger partial charge on any atom is -0.350 e. The fourth-order valence-electron chi connectivity index (χ4n) is 8.14. The summed E-state index contributed by atoms with van der Waals surface area (Å²) < 4.78 is 57.6. The number of likely N-dealkylation sites (tertiary alicyclic amines) is 1. The molecule has 0 aromatic heterocycles. The second-order valence-corrected chi connectivity index (χ2v) is 16.3. The van der Waals surface area contributed by atoms with Gasteiger partial charge in [0, 0.05) is 38.6 Å². The molecular formula is C28H54F2N7O3S+. The molecule has 13 heteroatoms. The summed E-state index contributed by atoms with van der Waals surface area (Å²) >= 11 is 0. The van der Waals surface area contributed by atoms with Gasteiger partial charge in [-0.25, -0.2) is 21.5 Å². The summed E-state index contributed by atoms with van der Waals surface area (Å²) in [4.78, 5) is 16.1. The van der Waals surface area contributed by atoms with Crippen LogP contribution in [-0.4, -0.2) is 136 Å². The van der Waals surface area contributed by atoms with Crippen LogP contribution in [0.3, 0.4) is 0 Å². The minimum absolute atomic E-state index is 0.0136. The van der Waals surface area contributed by atoms with E-state index >= 15 is 8.78 Å². The lowest BCUT2D eigenvalue weighted by atomic mass is 9.72. The summed E-state index contributed by atoms with van der Waals surface area (Å²) in [5.74, 6) is -0.876. The average Bonchev–Trinajstić information content (AvgIpc) is 2.90. The molecule has 1 amide bonds. The molecule has 0 spiro atoms. The van der Waals surface area contributed by atoms with Crippen LogP contribution in [0.4, 0.5) is 8.78 Å². The molecule has 0 aromatic carbocycles. The molecule has 10 unspecified atom stereocenters. The molecule has 4 aliphatic rings. The van der Waals surface area contributed by atoms with Gasteiger partial charge >= 0.3 is 0 Å². The van der Waals surface area contributed by atoms with Gasteiger partial charge in [-0.05, 0) is 52.1 Å². The highest BCUT2D eigenvalue weighted by Gasteiger charge is 2.53. The number of nitrogens with two attached hydrogens (primary N) is 1. The van der Waals surface area contributed by atoms with Gasteiger partial charge in [-0.15, -0.1) is 0 Å². The maximum Gasteiger partial charge on any atom is 0.232 e. The van der Waals surface area contributed by atoms with E-state index in [0.29, 0.717) is 56.3 Å². The fourth-order valence-corrected chi connectivity index (χ4v) is 9.54. The van der Waals surface area contributed by atoms with Crippen LogP contribution < -0.4 is 21.7 Å². The van der Waals surface area contributed by atoms with Crippen LogP contribution in [0.1, 0.15) is 52.9 Å². The summed E-state index contributed by atoms with van der Waals surface area (Å²) in [5.41, 5.74) is 6.68. The largest absolute Gasteiger partial charge is 0.350 e. The molecule has 4 aliphatic heterocycles. The Kier molecular flexibility index (Phi) is 10.1. The fraction of sp³-hybridized carbons (Fsp3) is 0.964. The van der Waals surface area contributed by atoms with Crippen LogP contribution in [-0.2, 0) is 14.8 Å². The highest BCUT2D eigenvalue weighted by atomic mass is 32.2. The van der Waals surface area contributed by atoms with E-state index < -0.39 is 51.8 Å². The molecule has 0 aliphatic carbocycles. The van der Waals surface area contributed by atoms with Crippen molar-refractivity contribution in [3.63, 3.8) is 0 Å². The van der Waals surface area contributed by atoms with Crippen LogP contribution in [0.15, 0.2) is 0 Å². The third kappa shape index (κ3) is 6.61. The van der Waals surface area contributed by atoms with Gasteiger partial charge in [-0.2, -0.15) is 0 Å². The van der Waals surface area contributed by atoms with E-state index in [2.05, 4.69) is 36.8 Å². The molecule has 2 bridgehead atoms. The molecular weight excluding hydrogens is 552 g/mol. The molecule has 0 saturated carbocycles. The van der Waals surface area contributed by atoms with Gasteiger partial charge in [0.25, 0.3) is 0 Å². The van der Waals surface area contributed by atoms with Gasteiger partial charge in [-0.1, -0.05) is 13.8 Å². The number of carbonyl (C=O) groups excluding carboxylic acids is 1. The van der Waals surface area contributed by atoms with Crippen molar-refractivity contribution in [2.24, 2.45) is 17.1 Å². The monoisotopic (exact) mass is 606 g/mol. The molecule has 4 saturated heterocycles. The van der Waals surface area contributed by atoms with E-state index in [9.17, 15) is 13.2 Å². The average molecular weight is 607 g/mol. The number of nitrogens with zero attached hydrogens (tertiary/aromatic N) is 3. The van der Waals surface area contributed by atoms with Crippen molar-refractivity contribution in [2.45, 2.75) is 101 Å². The summed E-state index contributed by atoms with van der Waals surface area (Å²) in [6.07, 6.45) is 0.102. The van der Waals surface area contributed by atoms with Crippen LogP contribution in [0.25, 0.3) is 0 Å². The highest BCUT2D eigenvalue weighted by Crippen LogP contribution is 2.40. The predicted molar refractivity (Wildman–Crippen MR) is 157 cm³/mol. The first-order chi connectivity index (χ1) is 19.1. The zero-order valence-corrected chi connectivity index (χ0v) is 26.6. The number of amides is 1. The quantitative estimate of drug-likeness (QED) is 0.323. The molecule has 10 atom stereocenters. The SMILES string of the molecule is CCC1(C)C[N+]2(C)CC(F)CCC1NC(N)C(C(=O)NC1CNCC(F)C1N1CCC(S(=O)(=O)N(C)C)CC1)C2C. The molecule has 4 heterocycles. The van der Waals surface area contributed by atoms with Gasteiger partial charge in [0.05, 0.1) is 37.1 Å². The molecule has 238 valence electrons. The Morgan fingerprint density at radius 2 is 1.83 bits per heavy atom. The number of fused-ring (bicyclic) bond motifs is 3. The van der Waals surface area contributed by atoms with Crippen molar-refractivity contribution in [2.75, 3.05) is 60.4 Å². The predicted octanol–water partition coefficient (Wildman–Crippen LogP) is 0.393. The van der Waals surface area contributed by atoms with Crippen molar-refractivity contribution >= 4 is 15.9 Å². The number of carbonyl (C=O) groups is 1. The van der Waals surface area contributed by atoms with Crippen molar-refractivity contribution in [1.82, 2.24) is 25.2 Å². The molecule has 0 radical (unpaired) electrons. The van der Waals surface area contributed by atoms with Gasteiger partial charge in [0.15, 0.2) is 0 Å². The molecule has 4 rings (SSSR count). The molecule has 41 heavy (non-hydrogen) atoms. The van der Waals surface area contributed by atoms with E-state index in [4.69, 9.17) is 5.73 Å². The van der Waals surface area contributed by atoms with Gasteiger partial charge in [0.1, 0.15) is 30.8 Å². The van der Waals surface area contributed by atoms with Crippen LogP contribution in [0.5, 0.6) is 0 Å². The number of quaternary nitrogens is 1. The van der Waals surface area contributed by atoms with Crippen molar-refractivity contribution in [3.8, 4) is 0 Å². The van der Waals surface area contributed by atoms with E-state index in [-0.39, 0.29) is 30.0 Å². The Balaban J connectivity index is 1.53. The number of nitrogens with one attached hydrogen (secondary N) is 3. The van der Waals surface area contributed by atoms with E-state index in [1.54, 1.807) is 14.1 Å². The first kappa shape index (κ1) is 32.9. The van der Waals surface area contributed by atoms with Gasteiger partial charge in [-0.3, -0.25) is 15.0 Å². The summed E-state index contributed by atoms with van der Waals surface area (Å²) in [7, 11) is 1.76. The lowest BCUT2D eigenvalue weighted by molar-refractivity contribution is -0.943. The Morgan fingerprint density at radius 3 is 2.44 bits per heavy atom. The topological polar surface area (TPSA) is 120 Å². The zero-order chi connectivity index (χ0) is 30.3. The minimum atomic E-state index is -3.38. The Hall–Kier alpha value is -0.960. The molecule has 10 nitrogen and oxygen atoms in total. The Bertz CT molecular complexity index is 1030. The van der Waals surface area contributed by atoms with Crippen molar-refractivity contribution in [3.05, 3.63) is 0 Å². The highest BCUT2D eigenvalue weighted by molar-refractivity contribution is 7.89. The second-order valence-electron chi connectivity index (χ2n) is 13.9. The summed E-state index contributed by atoms with van der Waals surface area (Å²) in [6.45, 7) is 8.96. The van der Waals surface area contributed by atoms with Crippen LogP contribution >= 0.6 is 0 Å². The molecule has 0 aromatic rings. The smallest absolute Gasteiger partial charge is 0.232 e. The third-order valence-electron chi connectivity index (χ3n) is 11.0. The normalized spacial score (nSPS) is 43.7. The lowest BCUT2D eigenvalue weighted by Gasteiger charge is -2.55. The van der Waals surface area contributed by atoms with Crippen LogP contribution in [0.2, 0.25) is 0 Å². The van der Waals surface area contributed by atoms with Gasteiger partial charge < -0.3 is 20.9 Å². The van der Waals surface area contributed by atoms with E-state index in [1.807, 2.05) is 11.8 Å². The number of rotatable bonds is 6. The maximum absolute atomic E-state index is 15.5. The first-order valence-corrected chi connectivity index (χ1v) is 16.9. The second kappa shape index (κ2) is 12.6. The van der Waals surface area contributed by atoms with Gasteiger partial charge in [0.2, 0.25) is 15.9 Å². The number of hydrogen-bond acceptors (Lipinski definition) is 7. The van der Waals surface area contributed by atoms with E-state index in [0.717, 1.165) is 13.0 Å². The number of piperidine rings is 2. The number of alkyl halides is 2. The van der Waals surface area contributed by atoms with Crippen molar-refractivity contribution < 1.29 is 26.5 Å². The summed E-state index contributed by atoms with van der Waals surface area (Å²) in [6, 6.07) is -1.35. The Labute approximate surface area is 245 Å².